The molecule has 0 spiro atoms. The Balaban J connectivity index is 1.47. The average Bonchev–Trinajstić information content (AvgIpc) is 3.24. The van der Waals surface area contributed by atoms with Gasteiger partial charge < -0.3 is 15.5 Å². The van der Waals surface area contributed by atoms with Gasteiger partial charge in [-0.15, -0.1) is 11.3 Å². The monoisotopic (exact) mass is 446 g/mol. The number of amides is 1. The number of ketones is 1. The van der Waals surface area contributed by atoms with Crippen LogP contribution in [-0.2, 0) is 11.2 Å². The van der Waals surface area contributed by atoms with Gasteiger partial charge in [0.15, 0.2) is 5.01 Å². The molecule has 4 aromatic rings. The van der Waals surface area contributed by atoms with Gasteiger partial charge in [0.2, 0.25) is 5.95 Å². The second kappa shape index (κ2) is 8.60. The lowest BCUT2D eigenvalue weighted by atomic mass is 10.1. The maximum absolute atomic E-state index is 12.9. The first-order valence-electron chi connectivity index (χ1n) is 10.5. The maximum Gasteiger partial charge on any atom is 0.282 e. The number of nitrogens with zero attached hydrogens (tertiary/aromatic N) is 4. The number of fused-ring (bicyclic) bond motifs is 3. The van der Waals surface area contributed by atoms with E-state index < -0.39 is 0 Å². The molecule has 2 aromatic heterocycles. The molecule has 1 amide bonds. The molecule has 8 nitrogen and oxygen atoms in total. The van der Waals surface area contributed by atoms with Crippen molar-refractivity contribution in [2.75, 3.05) is 31.5 Å². The first-order chi connectivity index (χ1) is 15.6. The van der Waals surface area contributed by atoms with Gasteiger partial charge in [-0.05, 0) is 36.8 Å². The molecular formula is C23H22N6O2S. The van der Waals surface area contributed by atoms with Crippen LogP contribution in [0.3, 0.4) is 0 Å². The molecule has 2 N–H and O–H groups in total. The molecule has 0 atom stereocenters. The van der Waals surface area contributed by atoms with E-state index >= 15 is 0 Å². The summed E-state index contributed by atoms with van der Waals surface area (Å²) in [7, 11) is 0. The molecule has 32 heavy (non-hydrogen) atoms. The zero-order valence-electron chi connectivity index (χ0n) is 17.6. The number of nitrogens with one attached hydrogen (secondary N) is 2. The zero-order chi connectivity index (χ0) is 22.1. The van der Waals surface area contributed by atoms with E-state index in [-0.39, 0.29) is 11.7 Å². The van der Waals surface area contributed by atoms with Crippen LogP contribution >= 0.6 is 11.3 Å². The third kappa shape index (κ3) is 4.17. The molecule has 1 aliphatic heterocycles. The molecule has 1 saturated heterocycles. The fourth-order valence-electron chi connectivity index (χ4n) is 3.81. The Hall–Kier alpha value is -3.43. The SMILES string of the molecule is CC(=O)Cc1cccc(Nc2ncc3ccc4nc(C(=O)N5CCNCC5)sc4c3n2)c1. The number of aromatic nitrogens is 3. The van der Waals surface area contributed by atoms with E-state index in [1.807, 2.05) is 41.3 Å². The molecule has 0 radical (unpaired) electrons. The summed E-state index contributed by atoms with van der Waals surface area (Å²) in [5, 5.41) is 7.86. The first kappa shape index (κ1) is 20.5. The van der Waals surface area contributed by atoms with Gasteiger partial charge in [0, 0.05) is 49.9 Å². The molecule has 2 aromatic carbocycles. The van der Waals surface area contributed by atoms with Crippen molar-refractivity contribution in [3.63, 3.8) is 0 Å². The molecule has 0 unspecified atom stereocenters. The second-order valence-corrected chi connectivity index (χ2v) is 8.81. The van der Waals surface area contributed by atoms with E-state index in [0.29, 0.717) is 30.5 Å². The smallest absolute Gasteiger partial charge is 0.282 e. The quantitative estimate of drug-likeness (QED) is 0.486. The number of anilines is 2. The van der Waals surface area contributed by atoms with E-state index in [2.05, 4.69) is 20.6 Å². The topological polar surface area (TPSA) is 100 Å². The third-order valence-electron chi connectivity index (χ3n) is 5.33. The first-order valence-corrected chi connectivity index (χ1v) is 11.3. The highest BCUT2D eigenvalue weighted by Gasteiger charge is 2.22. The van der Waals surface area contributed by atoms with Crippen LogP contribution in [0, 0.1) is 0 Å². The number of rotatable bonds is 5. The Bertz CT molecular complexity index is 1330. The lowest BCUT2D eigenvalue weighted by Crippen LogP contribution is -2.46. The highest BCUT2D eigenvalue weighted by Crippen LogP contribution is 2.30. The number of hydrogen-bond donors (Lipinski definition) is 2. The molecule has 1 fully saturated rings. The van der Waals surface area contributed by atoms with Gasteiger partial charge in [-0.3, -0.25) is 9.59 Å². The summed E-state index contributed by atoms with van der Waals surface area (Å²) in [4.78, 5) is 39.9. The van der Waals surface area contributed by atoms with Crippen LogP contribution in [-0.4, -0.2) is 57.7 Å². The van der Waals surface area contributed by atoms with E-state index in [4.69, 9.17) is 4.98 Å². The largest absolute Gasteiger partial charge is 0.334 e. The molecule has 3 heterocycles. The van der Waals surface area contributed by atoms with Gasteiger partial charge in [-0.2, -0.15) is 0 Å². The number of hydrogen-bond acceptors (Lipinski definition) is 8. The highest BCUT2D eigenvalue weighted by atomic mass is 32.1. The molecule has 162 valence electrons. The van der Waals surface area contributed by atoms with Crippen LogP contribution in [0.1, 0.15) is 22.3 Å². The molecule has 0 bridgehead atoms. The van der Waals surface area contributed by atoms with Gasteiger partial charge in [-0.25, -0.2) is 15.0 Å². The summed E-state index contributed by atoms with van der Waals surface area (Å²) >= 11 is 1.37. The van der Waals surface area contributed by atoms with Crippen molar-refractivity contribution in [3.8, 4) is 0 Å². The van der Waals surface area contributed by atoms with Crippen LogP contribution in [0.2, 0.25) is 0 Å². The molecule has 5 rings (SSSR count). The fourth-order valence-corrected chi connectivity index (χ4v) is 4.84. The Morgan fingerprint density at radius 1 is 1.16 bits per heavy atom. The highest BCUT2D eigenvalue weighted by molar-refractivity contribution is 7.21. The van der Waals surface area contributed by atoms with Gasteiger partial charge in [0.05, 0.1) is 15.7 Å². The van der Waals surface area contributed by atoms with E-state index in [0.717, 1.165) is 45.5 Å². The summed E-state index contributed by atoms with van der Waals surface area (Å²) < 4.78 is 0.872. The molecular weight excluding hydrogens is 424 g/mol. The summed E-state index contributed by atoms with van der Waals surface area (Å²) in [5.74, 6) is 0.534. The van der Waals surface area contributed by atoms with Gasteiger partial charge in [-0.1, -0.05) is 12.1 Å². The maximum atomic E-state index is 12.9. The molecule has 1 aliphatic rings. The Morgan fingerprint density at radius 3 is 2.81 bits per heavy atom. The van der Waals surface area contributed by atoms with Crippen molar-refractivity contribution >= 4 is 55.8 Å². The van der Waals surface area contributed by atoms with E-state index in [1.54, 1.807) is 13.1 Å². The predicted molar refractivity (Wildman–Crippen MR) is 126 cm³/mol. The van der Waals surface area contributed by atoms with Crippen LogP contribution in [0.4, 0.5) is 11.6 Å². The van der Waals surface area contributed by atoms with Gasteiger partial charge >= 0.3 is 0 Å². The number of thiazole rings is 1. The number of carbonyl (C=O) groups excluding carboxylic acids is 2. The summed E-state index contributed by atoms with van der Waals surface area (Å²) in [6, 6.07) is 11.5. The standard InChI is InChI=1S/C23H22N6O2S/c1-14(30)11-15-3-2-4-17(12-15)26-23-25-13-16-5-6-18-20(19(16)28-23)32-21(27-18)22(31)29-9-7-24-8-10-29/h2-6,12-13,24H,7-11H2,1H3,(H,25,26,28). The molecule has 9 heteroatoms. The second-order valence-electron chi connectivity index (χ2n) is 7.81. The van der Waals surface area contributed by atoms with E-state index in [1.165, 1.54) is 11.3 Å². The van der Waals surface area contributed by atoms with Crippen molar-refractivity contribution < 1.29 is 9.59 Å². The summed E-state index contributed by atoms with van der Waals surface area (Å²) in [6.45, 7) is 4.56. The van der Waals surface area contributed by atoms with Crippen molar-refractivity contribution in [3.05, 3.63) is 53.2 Å². The van der Waals surface area contributed by atoms with Crippen molar-refractivity contribution in [2.45, 2.75) is 13.3 Å². The minimum Gasteiger partial charge on any atom is -0.334 e. The average molecular weight is 447 g/mol. The predicted octanol–water partition coefficient (Wildman–Crippen LogP) is 3.16. The van der Waals surface area contributed by atoms with Crippen LogP contribution in [0.25, 0.3) is 21.1 Å². The fraction of sp³-hybridized carbons (Fsp3) is 0.261. The summed E-state index contributed by atoms with van der Waals surface area (Å²) in [6.07, 6.45) is 2.15. The van der Waals surface area contributed by atoms with Crippen molar-refractivity contribution in [2.24, 2.45) is 0 Å². The van der Waals surface area contributed by atoms with Crippen LogP contribution in [0.15, 0.2) is 42.6 Å². The normalized spacial score (nSPS) is 14.1. The third-order valence-corrected chi connectivity index (χ3v) is 6.40. The molecule has 0 aliphatic carbocycles. The van der Waals surface area contributed by atoms with Crippen LogP contribution < -0.4 is 10.6 Å². The minimum absolute atomic E-state index is 0.0319. The minimum atomic E-state index is -0.0319. The number of carbonyl (C=O) groups is 2. The Labute approximate surface area is 188 Å². The zero-order valence-corrected chi connectivity index (χ0v) is 18.4. The Morgan fingerprint density at radius 2 is 2.00 bits per heavy atom. The van der Waals surface area contributed by atoms with Crippen LogP contribution in [0.5, 0.6) is 0 Å². The Kier molecular flexibility index (Phi) is 5.50. The van der Waals surface area contributed by atoms with Gasteiger partial charge in [0.1, 0.15) is 5.78 Å². The number of benzene rings is 2. The number of Topliss-reactive ketones (excluding diaryl/α,β-unsaturated/α-hetero) is 1. The lowest BCUT2D eigenvalue weighted by molar-refractivity contribution is -0.116. The van der Waals surface area contributed by atoms with Gasteiger partial charge in [0.25, 0.3) is 5.91 Å². The van der Waals surface area contributed by atoms with E-state index in [9.17, 15) is 9.59 Å². The van der Waals surface area contributed by atoms with Crippen molar-refractivity contribution in [1.82, 2.24) is 25.2 Å². The molecule has 0 saturated carbocycles. The number of piperazine rings is 1. The summed E-state index contributed by atoms with van der Waals surface area (Å²) in [5.41, 5.74) is 3.27. The lowest BCUT2D eigenvalue weighted by Gasteiger charge is -2.26. The van der Waals surface area contributed by atoms with Crippen molar-refractivity contribution in [1.29, 1.82) is 0 Å².